The van der Waals surface area contributed by atoms with Crippen molar-refractivity contribution in [3.63, 3.8) is 0 Å². The molecule has 38 heavy (non-hydrogen) atoms. The smallest absolute Gasteiger partial charge is 0.349 e. The molecule has 2 aromatic carbocycles. The Morgan fingerprint density at radius 2 is 1.89 bits per heavy atom. The molecule has 13 nitrogen and oxygen atoms in total. The van der Waals surface area contributed by atoms with Crippen molar-refractivity contribution in [3.8, 4) is 23.1 Å². The minimum Gasteiger partial charge on any atom is -0.493 e. The largest absolute Gasteiger partial charge is 0.493 e. The lowest BCUT2D eigenvalue weighted by Gasteiger charge is -2.21. The Bertz CT molecular complexity index is 1550. The summed E-state index contributed by atoms with van der Waals surface area (Å²) >= 11 is 0. The van der Waals surface area contributed by atoms with Crippen molar-refractivity contribution in [3.05, 3.63) is 81.9 Å². The quantitative estimate of drug-likeness (QED) is 0.110. The van der Waals surface area contributed by atoms with Crippen LogP contribution in [0.15, 0.2) is 53.5 Å². The number of aromatic amines is 1. The predicted octanol–water partition coefficient (Wildman–Crippen LogP) is 1.92. The third-order valence-corrected chi connectivity index (χ3v) is 5.33. The zero-order valence-corrected chi connectivity index (χ0v) is 20.5. The molecule has 1 atom stereocenters. The Morgan fingerprint density at radius 1 is 1.16 bits per heavy atom. The highest BCUT2D eigenvalue weighted by atomic mass is 19.1. The Morgan fingerprint density at radius 3 is 2.53 bits per heavy atom. The number of aromatic nitrogens is 5. The Balaban J connectivity index is 1.86. The molecule has 0 aliphatic rings. The summed E-state index contributed by atoms with van der Waals surface area (Å²) in [5.41, 5.74) is 5.53. The number of halogens is 1. The number of rotatable bonds is 9. The first kappa shape index (κ1) is 25.8. The Kier molecular flexibility index (Phi) is 7.32. The molecule has 4 rings (SSSR count). The number of nitrogens with zero attached hydrogens (tertiary/aromatic N) is 4. The SMILES string of the molecule is COc1cc(F)c([C@H](Nc2ccc(C(=N)N)c(OC(C)=O)c2)c2nn(-c3cccnn3)c(=O)[nH]2)cc1OC. The Hall–Kier alpha value is -5.27. The van der Waals surface area contributed by atoms with Gasteiger partial charge in [-0.15, -0.1) is 10.2 Å². The third kappa shape index (κ3) is 5.28. The summed E-state index contributed by atoms with van der Waals surface area (Å²) in [4.78, 5) is 27.0. The van der Waals surface area contributed by atoms with E-state index in [9.17, 15) is 9.59 Å². The summed E-state index contributed by atoms with van der Waals surface area (Å²) in [5.74, 6) is -1.05. The normalized spacial score (nSPS) is 11.5. The van der Waals surface area contributed by atoms with Crippen LogP contribution in [-0.4, -0.2) is 51.0 Å². The average molecular weight is 522 g/mol. The average Bonchev–Trinajstić information content (AvgIpc) is 3.28. The van der Waals surface area contributed by atoms with Crippen LogP contribution in [0.25, 0.3) is 5.82 Å². The molecule has 0 saturated heterocycles. The van der Waals surface area contributed by atoms with Gasteiger partial charge >= 0.3 is 11.7 Å². The van der Waals surface area contributed by atoms with Crippen molar-refractivity contribution in [1.82, 2.24) is 25.0 Å². The number of methoxy groups -OCH3 is 2. The number of carbonyl (C=O) groups is 1. The lowest BCUT2D eigenvalue weighted by atomic mass is 10.0. The Labute approximate surface area is 214 Å². The van der Waals surface area contributed by atoms with Gasteiger partial charge in [-0.05, 0) is 30.3 Å². The maximum Gasteiger partial charge on any atom is 0.349 e. The number of anilines is 1. The van der Waals surface area contributed by atoms with Gasteiger partial charge in [-0.25, -0.2) is 9.18 Å². The molecule has 0 radical (unpaired) electrons. The second kappa shape index (κ2) is 10.8. The number of esters is 1. The molecule has 196 valence electrons. The van der Waals surface area contributed by atoms with E-state index in [4.69, 9.17) is 25.4 Å². The van der Waals surface area contributed by atoms with Gasteiger partial charge in [0.1, 0.15) is 23.4 Å². The first-order chi connectivity index (χ1) is 18.2. The molecule has 5 N–H and O–H groups in total. The van der Waals surface area contributed by atoms with Crippen LogP contribution in [0.4, 0.5) is 10.1 Å². The number of hydrogen-bond acceptors (Lipinski definition) is 10. The molecule has 14 heteroatoms. The first-order valence-electron chi connectivity index (χ1n) is 11.0. The van der Waals surface area contributed by atoms with Gasteiger partial charge in [0.05, 0.1) is 19.8 Å². The van der Waals surface area contributed by atoms with Gasteiger partial charge in [0, 0.05) is 36.5 Å². The van der Waals surface area contributed by atoms with Crippen molar-refractivity contribution >= 4 is 17.5 Å². The zero-order chi connectivity index (χ0) is 27.4. The lowest BCUT2D eigenvalue weighted by molar-refractivity contribution is -0.131. The lowest BCUT2D eigenvalue weighted by Crippen LogP contribution is -2.18. The summed E-state index contributed by atoms with van der Waals surface area (Å²) in [6.07, 6.45) is 1.44. The van der Waals surface area contributed by atoms with E-state index in [2.05, 4.69) is 25.6 Å². The van der Waals surface area contributed by atoms with Crippen LogP contribution < -0.4 is 31.0 Å². The molecule has 0 spiro atoms. The van der Waals surface area contributed by atoms with Crippen molar-refractivity contribution in [2.24, 2.45) is 5.73 Å². The molecule has 0 fully saturated rings. The highest BCUT2D eigenvalue weighted by molar-refractivity contribution is 5.98. The van der Waals surface area contributed by atoms with Gasteiger partial charge in [0.2, 0.25) is 0 Å². The topological polar surface area (TPSA) is 183 Å². The van der Waals surface area contributed by atoms with Crippen LogP contribution in [0.5, 0.6) is 17.2 Å². The highest BCUT2D eigenvalue weighted by Crippen LogP contribution is 2.36. The second-order valence-electron chi connectivity index (χ2n) is 7.83. The first-order valence-corrected chi connectivity index (χ1v) is 11.0. The van der Waals surface area contributed by atoms with Gasteiger partial charge in [-0.2, -0.15) is 9.78 Å². The molecule has 0 bridgehead atoms. The van der Waals surface area contributed by atoms with E-state index in [1.807, 2.05) is 0 Å². The number of nitrogens with one attached hydrogen (secondary N) is 3. The monoisotopic (exact) mass is 522 g/mol. The molecule has 0 amide bonds. The fourth-order valence-corrected chi connectivity index (χ4v) is 3.66. The summed E-state index contributed by atoms with van der Waals surface area (Å²) in [6.45, 7) is 1.20. The minimum absolute atomic E-state index is 0.0140. The van der Waals surface area contributed by atoms with Crippen LogP contribution in [-0.2, 0) is 4.79 Å². The number of ether oxygens (including phenoxy) is 3. The molecule has 4 aromatic rings. The molecular weight excluding hydrogens is 499 g/mol. The van der Waals surface area contributed by atoms with Crippen molar-refractivity contribution in [2.75, 3.05) is 19.5 Å². The van der Waals surface area contributed by atoms with Crippen LogP contribution in [0.1, 0.15) is 29.9 Å². The van der Waals surface area contributed by atoms with Gasteiger partial charge in [-0.3, -0.25) is 15.2 Å². The summed E-state index contributed by atoms with van der Waals surface area (Å²) in [7, 11) is 2.78. The van der Waals surface area contributed by atoms with E-state index >= 15 is 4.39 Å². The summed E-state index contributed by atoms with van der Waals surface area (Å²) in [6, 6.07) is 9.01. The van der Waals surface area contributed by atoms with E-state index in [0.29, 0.717) is 5.69 Å². The number of nitrogens with two attached hydrogens (primary N) is 1. The molecule has 0 saturated carbocycles. The summed E-state index contributed by atoms with van der Waals surface area (Å²) < 4.78 is 32.1. The number of nitrogen functional groups attached to an aromatic ring is 1. The van der Waals surface area contributed by atoms with E-state index in [1.165, 1.54) is 51.6 Å². The number of benzene rings is 2. The highest BCUT2D eigenvalue weighted by Gasteiger charge is 2.26. The summed E-state index contributed by atoms with van der Waals surface area (Å²) in [5, 5.41) is 22.8. The van der Waals surface area contributed by atoms with Crippen molar-refractivity contribution in [1.29, 1.82) is 5.41 Å². The van der Waals surface area contributed by atoms with Crippen LogP contribution >= 0.6 is 0 Å². The number of amidine groups is 1. The number of hydrogen-bond donors (Lipinski definition) is 4. The standard InChI is InChI=1S/C24H23FN8O5/c1-12(34)38-17-9-13(6-7-14(17)22(26)27)29-21(15-10-18(36-2)19(37-3)11-16(15)25)23-30-24(35)33(32-23)20-5-4-8-28-31-20/h4-11,21,29H,1-3H3,(H3,26,27)(H,30,32,35)/t21-/m0/s1. The zero-order valence-electron chi connectivity index (χ0n) is 20.5. The van der Waals surface area contributed by atoms with Gasteiger partial charge in [0.25, 0.3) is 0 Å². The molecule has 0 aliphatic carbocycles. The van der Waals surface area contributed by atoms with Crippen molar-refractivity contribution in [2.45, 2.75) is 13.0 Å². The van der Waals surface area contributed by atoms with E-state index in [0.717, 1.165) is 10.7 Å². The molecule has 0 aliphatic heterocycles. The van der Waals surface area contributed by atoms with Gasteiger partial charge in [0.15, 0.2) is 23.1 Å². The molecule has 0 unspecified atom stereocenters. The maximum atomic E-state index is 15.4. The van der Waals surface area contributed by atoms with E-state index in [-0.39, 0.29) is 45.9 Å². The fraction of sp³-hybridized carbons (Fsp3) is 0.167. The van der Waals surface area contributed by atoms with Crippen LogP contribution in [0, 0.1) is 11.2 Å². The van der Waals surface area contributed by atoms with Gasteiger partial charge < -0.3 is 25.3 Å². The van der Waals surface area contributed by atoms with Crippen molar-refractivity contribution < 1.29 is 23.4 Å². The van der Waals surface area contributed by atoms with E-state index in [1.54, 1.807) is 12.1 Å². The van der Waals surface area contributed by atoms with Gasteiger partial charge in [-0.1, -0.05) is 0 Å². The predicted molar refractivity (Wildman–Crippen MR) is 134 cm³/mol. The molecule has 2 aromatic heterocycles. The van der Waals surface area contributed by atoms with E-state index < -0.39 is 23.5 Å². The molecular formula is C24H23FN8O5. The van der Waals surface area contributed by atoms with Crippen LogP contribution in [0.3, 0.4) is 0 Å². The fourth-order valence-electron chi connectivity index (χ4n) is 3.66. The second-order valence-corrected chi connectivity index (χ2v) is 7.83. The number of carbonyl (C=O) groups excluding carboxylic acids is 1. The number of H-pyrrole nitrogens is 1. The van der Waals surface area contributed by atoms with Crippen LogP contribution in [0.2, 0.25) is 0 Å². The minimum atomic E-state index is -1.09. The molecule has 2 heterocycles. The third-order valence-electron chi connectivity index (χ3n) is 5.33. The maximum absolute atomic E-state index is 15.4.